The van der Waals surface area contributed by atoms with Gasteiger partial charge in [-0.3, -0.25) is 14.4 Å². The highest BCUT2D eigenvalue weighted by Crippen LogP contribution is 2.16. The Bertz CT molecular complexity index is 564. The monoisotopic (exact) mass is 306 g/mol. The van der Waals surface area contributed by atoms with Gasteiger partial charge in [0.1, 0.15) is 0 Å². The molecule has 7 nitrogen and oxygen atoms in total. The van der Waals surface area contributed by atoms with Crippen LogP contribution in [0.5, 0.6) is 0 Å². The van der Waals surface area contributed by atoms with Crippen molar-refractivity contribution in [3.8, 4) is 0 Å². The van der Waals surface area contributed by atoms with E-state index in [4.69, 9.17) is 5.73 Å². The van der Waals surface area contributed by atoms with Gasteiger partial charge in [0.2, 0.25) is 11.8 Å². The molecule has 0 fully saturated rings. The van der Waals surface area contributed by atoms with E-state index in [0.717, 1.165) is 0 Å². The normalized spacial score (nSPS) is 10.7. The molecule has 0 bridgehead atoms. The number of nitrogens with two attached hydrogens (primary N) is 1. The Hall–Kier alpha value is -2.41. The van der Waals surface area contributed by atoms with Crippen LogP contribution in [-0.2, 0) is 9.59 Å². The van der Waals surface area contributed by atoms with Crippen molar-refractivity contribution in [2.45, 2.75) is 26.3 Å². The number of benzene rings is 1. The second-order valence-corrected chi connectivity index (χ2v) is 5.78. The molecule has 7 heteroatoms. The zero-order valence-corrected chi connectivity index (χ0v) is 13.0. The molecule has 120 valence electrons. The van der Waals surface area contributed by atoms with Gasteiger partial charge in [-0.2, -0.15) is 0 Å². The maximum Gasteiger partial charge on any atom is 0.253 e. The fourth-order valence-electron chi connectivity index (χ4n) is 1.64. The van der Waals surface area contributed by atoms with Gasteiger partial charge in [-0.25, -0.2) is 0 Å². The fraction of sp³-hybridized carbons (Fsp3) is 0.400. The number of hydrogen-bond acceptors (Lipinski definition) is 4. The Balaban J connectivity index is 2.77. The van der Waals surface area contributed by atoms with Gasteiger partial charge in [0.15, 0.2) is 0 Å². The summed E-state index contributed by atoms with van der Waals surface area (Å²) in [4.78, 5) is 35.0. The number of carbonyl (C=O) groups is 3. The number of rotatable bonds is 5. The molecule has 0 aliphatic carbocycles. The Kier molecular flexibility index (Phi) is 6.06. The van der Waals surface area contributed by atoms with Gasteiger partial charge in [0.25, 0.3) is 5.91 Å². The van der Waals surface area contributed by atoms with E-state index >= 15 is 0 Å². The van der Waals surface area contributed by atoms with E-state index in [1.165, 1.54) is 0 Å². The lowest BCUT2D eigenvalue weighted by Crippen LogP contribution is -2.41. The van der Waals surface area contributed by atoms with E-state index in [9.17, 15) is 14.4 Å². The average Bonchev–Trinajstić information content (AvgIpc) is 2.43. The van der Waals surface area contributed by atoms with Crippen LogP contribution in [0.4, 0.5) is 5.69 Å². The molecule has 0 aliphatic heterocycles. The largest absolute Gasteiger partial charge is 0.347 e. The van der Waals surface area contributed by atoms with Crippen molar-refractivity contribution in [1.29, 1.82) is 0 Å². The van der Waals surface area contributed by atoms with Crippen molar-refractivity contribution < 1.29 is 14.4 Å². The number of anilines is 1. The Morgan fingerprint density at radius 2 is 1.73 bits per heavy atom. The first-order valence-electron chi connectivity index (χ1n) is 6.91. The van der Waals surface area contributed by atoms with Crippen molar-refractivity contribution in [2.75, 3.05) is 18.4 Å². The Morgan fingerprint density at radius 1 is 1.09 bits per heavy atom. The van der Waals surface area contributed by atoms with Gasteiger partial charge >= 0.3 is 0 Å². The molecule has 1 rings (SSSR count). The third kappa shape index (κ3) is 5.92. The lowest BCUT2D eigenvalue weighted by atomic mass is 10.1. The quantitative estimate of drug-likeness (QED) is 0.623. The predicted octanol–water partition coefficient (Wildman–Crippen LogP) is 0.228. The molecule has 0 unspecified atom stereocenters. The van der Waals surface area contributed by atoms with Crippen LogP contribution in [-0.4, -0.2) is 36.3 Å². The van der Waals surface area contributed by atoms with Crippen molar-refractivity contribution >= 4 is 23.4 Å². The van der Waals surface area contributed by atoms with Crippen LogP contribution in [0.2, 0.25) is 0 Å². The second kappa shape index (κ2) is 7.56. The van der Waals surface area contributed by atoms with E-state index in [1.54, 1.807) is 24.3 Å². The van der Waals surface area contributed by atoms with Crippen molar-refractivity contribution in [3.63, 3.8) is 0 Å². The summed E-state index contributed by atoms with van der Waals surface area (Å²) in [5.41, 5.74) is 5.49. The lowest BCUT2D eigenvalue weighted by Gasteiger charge is -2.21. The topological polar surface area (TPSA) is 113 Å². The minimum Gasteiger partial charge on any atom is -0.347 e. The first kappa shape index (κ1) is 17.6. The highest BCUT2D eigenvalue weighted by atomic mass is 16.2. The summed E-state index contributed by atoms with van der Waals surface area (Å²) in [5, 5.41) is 7.80. The van der Waals surface area contributed by atoms with Crippen LogP contribution in [0.25, 0.3) is 0 Å². The summed E-state index contributed by atoms with van der Waals surface area (Å²) in [5.74, 6) is -1.14. The number of carbonyl (C=O) groups excluding carboxylic acids is 3. The van der Waals surface area contributed by atoms with Gasteiger partial charge in [-0.1, -0.05) is 12.1 Å². The molecule has 0 spiro atoms. The molecular formula is C15H22N4O3. The van der Waals surface area contributed by atoms with Gasteiger partial charge < -0.3 is 21.7 Å². The van der Waals surface area contributed by atoms with Gasteiger partial charge in [0.05, 0.1) is 24.3 Å². The molecule has 0 heterocycles. The molecular weight excluding hydrogens is 284 g/mol. The molecule has 0 aliphatic rings. The summed E-state index contributed by atoms with van der Waals surface area (Å²) >= 11 is 0. The minimum absolute atomic E-state index is 0.183. The number of amides is 3. The lowest BCUT2D eigenvalue weighted by molar-refractivity contribution is -0.123. The smallest absolute Gasteiger partial charge is 0.253 e. The summed E-state index contributed by atoms with van der Waals surface area (Å²) in [7, 11) is 0. The summed E-state index contributed by atoms with van der Waals surface area (Å²) < 4.78 is 0. The first-order valence-corrected chi connectivity index (χ1v) is 6.91. The van der Waals surface area contributed by atoms with E-state index < -0.39 is 11.8 Å². The molecule has 0 radical (unpaired) electrons. The van der Waals surface area contributed by atoms with E-state index in [0.29, 0.717) is 11.3 Å². The van der Waals surface area contributed by atoms with E-state index in [-0.39, 0.29) is 24.5 Å². The molecule has 0 saturated carbocycles. The van der Waals surface area contributed by atoms with E-state index in [1.807, 2.05) is 20.8 Å². The van der Waals surface area contributed by atoms with Crippen LogP contribution in [0.1, 0.15) is 31.1 Å². The molecule has 1 aromatic rings. The maximum absolute atomic E-state index is 12.2. The van der Waals surface area contributed by atoms with Crippen LogP contribution in [0.15, 0.2) is 24.3 Å². The van der Waals surface area contributed by atoms with Crippen LogP contribution < -0.4 is 21.7 Å². The highest BCUT2D eigenvalue weighted by molar-refractivity contribution is 6.04. The van der Waals surface area contributed by atoms with Gasteiger partial charge in [-0.15, -0.1) is 0 Å². The van der Waals surface area contributed by atoms with Gasteiger partial charge in [-0.05, 0) is 32.9 Å². The Labute approximate surface area is 129 Å². The second-order valence-electron chi connectivity index (χ2n) is 5.78. The molecule has 3 amide bonds. The minimum atomic E-state index is -0.433. The molecule has 22 heavy (non-hydrogen) atoms. The third-order valence-electron chi connectivity index (χ3n) is 2.57. The molecule has 0 aromatic heterocycles. The summed E-state index contributed by atoms with van der Waals surface area (Å²) in [6.45, 7) is 5.22. The van der Waals surface area contributed by atoms with E-state index in [2.05, 4.69) is 16.0 Å². The summed E-state index contributed by atoms with van der Waals surface area (Å²) in [6, 6.07) is 6.67. The Morgan fingerprint density at radius 3 is 2.32 bits per heavy atom. The van der Waals surface area contributed by atoms with Crippen molar-refractivity contribution in [3.05, 3.63) is 29.8 Å². The van der Waals surface area contributed by atoms with Gasteiger partial charge in [0, 0.05) is 5.54 Å². The molecule has 0 atom stereocenters. The van der Waals surface area contributed by atoms with Crippen LogP contribution in [0, 0.1) is 0 Å². The SMILES string of the molecule is CC(C)(C)NC(=O)c1ccccc1NC(=O)CNC(=O)CN. The molecule has 1 aromatic carbocycles. The fourth-order valence-corrected chi connectivity index (χ4v) is 1.64. The number of hydrogen-bond donors (Lipinski definition) is 4. The summed E-state index contributed by atoms with van der Waals surface area (Å²) in [6.07, 6.45) is 0. The average molecular weight is 306 g/mol. The molecule has 0 saturated heterocycles. The number of para-hydroxylation sites is 1. The van der Waals surface area contributed by atoms with Crippen LogP contribution in [0.3, 0.4) is 0 Å². The standard InChI is InChI=1S/C15H22N4O3/c1-15(2,3)19-14(22)10-6-4-5-7-11(10)18-13(21)9-17-12(20)8-16/h4-7H,8-9,16H2,1-3H3,(H,17,20)(H,18,21)(H,19,22). The van der Waals surface area contributed by atoms with Crippen molar-refractivity contribution in [1.82, 2.24) is 10.6 Å². The predicted molar refractivity (Wildman–Crippen MR) is 84.4 cm³/mol. The van der Waals surface area contributed by atoms with Crippen LogP contribution >= 0.6 is 0 Å². The zero-order valence-electron chi connectivity index (χ0n) is 13.0. The molecule has 5 N–H and O–H groups in total. The first-order chi connectivity index (χ1) is 10.2. The zero-order chi connectivity index (χ0) is 16.8. The maximum atomic E-state index is 12.2. The number of nitrogens with one attached hydrogen (secondary N) is 3. The van der Waals surface area contributed by atoms with Crippen molar-refractivity contribution in [2.24, 2.45) is 5.73 Å². The highest BCUT2D eigenvalue weighted by Gasteiger charge is 2.18. The third-order valence-corrected chi connectivity index (χ3v) is 2.57.